The number of anilines is 2. The van der Waals surface area contributed by atoms with Crippen molar-refractivity contribution >= 4 is 28.6 Å². The predicted molar refractivity (Wildman–Crippen MR) is 116 cm³/mol. The molecule has 2 aromatic heterocycles. The van der Waals surface area contributed by atoms with Gasteiger partial charge in [-0.15, -0.1) is 11.3 Å². The van der Waals surface area contributed by atoms with Crippen molar-refractivity contribution in [2.45, 2.75) is 19.3 Å². The maximum absolute atomic E-state index is 12.6. The number of hydrogen-bond donors (Lipinski definition) is 2. The second-order valence-electron chi connectivity index (χ2n) is 7.07. The van der Waals surface area contributed by atoms with Crippen LogP contribution in [0.5, 0.6) is 0 Å². The van der Waals surface area contributed by atoms with Gasteiger partial charge in [0.25, 0.3) is 5.91 Å². The highest BCUT2D eigenvalue weighted by Crippen LogP contribution is 2.30. The molecule has 4 rings (SSSR count). The Balaban J connectivity index is 1.41. The topological polar surface area (TPSA) is 71.2 Å². The highest BCUT2D eigenvalue weighted by Gasteiger charge is 2.13. The van der Waals surface area contributed by atoms with Crippen LogP contribution in [0, 0.1) is 0 Å². The summed E-state index contributed by atoms with van der Waals surface area (Å²) >= 11 is 1.65. The second-order valence-corrected chi connectivity index (χ2v) is 8.02. The molecule has 1 amide bonds. The largest absolute Gasteiger partial charge is 0.397 e. The number of nitrogens with zero attached hydrogens (tertiary/aromatic N) is 2. The monoisotopic (exact) mass is 392 g/mol. The first kappa shape index (κ1) is 18.7. The minimum atomic E-state index is -0.200. The van der Waals surface area contributed by atoms with E-state index in [1.807, 2.05) is 47.8 Å². The third kappa shape index (κ3) is 4.40. The molecular formula is C22H24N4OS. The van der Waals surface area contributed by atoms with E-state index < -0.39 is 0 Å². The van der Waals surface area contributed by atoms with E-state index in [1.165, 1.54) is 25.9 Å². The van der Waals surface area contributed by atoms with E-state index in [-0.39, 0.29) is 5.91 Å². The van der Waals surface area contributed by atoms with Gasteiger partial charge in [-0.3, -0.25) is 9.78 Å². The van der Waals surface area contributed by atoms with Gasteiger partial charge in [0, 0.05) is 29.7 Å². The van der Waals surface area contributed by atoms with E-state index in [9.17, 15) is 4.79 Å². The lowest BCUT2D eigenvalue weighted by Gasteiger charge is -2.14. The number of nitrogens with one attached hydrogen (secondary N) is 1. The quantitative estimate of drug-likeness (QED) is 0.614. The number of carbonyl (C=O) groups excluding carboxylic acids is 1. The molecular weight excluding hydrogens is 368 g/mol. The third-order valence-electron chi connectivity index (χ3n) is 5.08. The minimum Gasteiger partial charge on any atom is -0.397 e. The lowest BCUT2D eigenvalue weighted by molar-refractivity contribution is 0.102. The number of nitrogens with two attached hydrogens (primary N) is 1. The highest BCUT2D eigenvalue weighted by molar-refractivity contribution is 7.13. The summed E-state index contributed by atoms with van der Waals surface area (Å²) in [4.78, 5) is 20.7. The number of benzene rings is 1. The molecule has 1 aromatic carbocycles. The average molecular weight is 393 g/mol. The molecule has 28 heavy (non-hydrogen) atoms. The Morgan fingerprint density at radius 1 is 1.18 bits per heavy atom. The Kier molecular flexibility index (Phi) is 5.69. The number of nitrogen functional groups attached to an aromatic ring is 1. The number of carbonyl (C=O) groups is 1. The molecule has 0 unspecified atom stereocenters. The van der Waals surface area contributed by atoms with E-state index in [4.69, 9.17) is 5.73 Å². The van der Waals surface area contributed by atoms with Crippen molar-refractivity contribution in [3.63, 3.8) is 0 Å². The van der Waals surface area contributed by atoms with Gasteiger partial charge in [0.2, 0.25) is 0 Å². The molecule has 3 N–H and O–H groups in total. The van der Waals surface area contributed by atoms with Gasteiger partial charge in [0.05, 0.1) is 16.9 Å². The first-order valence-electron chi connectivity index (χ1n) is 9.61. The maximum atomic E-state index is 12.6. The summed E-state index contributed by atoms with van der Waals surface area (Å²) in [5.74, 6) is -0.200. The van der Waals surface area contributed by atoms with Crippen molar-refractivity contribution in [2.75, 3.05) is 30.7 Å². The van der Waals surface area contributed by atoms with Crippen LogP contribution >= 0.6 is 11.3 Å². The van der Waals surface area contributed by atoms with Crippen LogP contribution < -0.4 is 11.1 Å². The van der Waals surface area contributed by atoms with Crippen molar-refractivity contribution in [2.24, 2.45) is 0 Å². The fraction of sp³-hybridized carbons (Fsp3) is 0.273. The molecule has 1 aliphatic rings. The Morgan fingerprint density at radius 2 is 2.04 bits per heavy atom. The summed E-state index contributed by atoms with van der Waals surface area (Å²) in [6.07, 6.45) is 5.15. The molecule has 0 atom stereocenters. The average Bonchev–Trinajstić information content (AvgIpc) is 3.42. The van der Waals surface area contributed by atoms with Crippen LogP contribution in [0.25, 0.3) is 10.4 Å². The van der Waals surface area contributed by atoms with Crippen LogP contribution in [0.4, 0.5) is 11.4 Å². The van der Waals surface area contributed by atoms with Gasteiger partial charge in [0.1, 0.15) is 0 Å². The number of hydrogen-bond acceptors (Lipinski definition) is 5. The summed E-state index contributed by atoms with van der Waals surface area (Å²) in [5.41, 5.74) is 9.81. The lowest BCUT2D eigenvalue weighted by atomic mass is 10.1. The fourth-order valence-corrected chi connectivity index (χ4v) is 4.16. The second kappa shape index (κ2) is 8.54. The van der Waals surface area contributed by atoms with Crippen LogP contribution in [-0.2, 0) is 6.42 Å². The van der Waals surface area contributed by atoms with Crippen LogP contribution in [0.1, 0.15) is 28.9 Å². The van der Waals surface area contributed by atoms with Crippen LogP contribution in [0.15, 0.2) is 54.0 Å². The summed E-state index contributed by atoms with van der Waals surface area (Å²) in [6.45, 7) is 3.41. The van der Waals surface area contributed by atoms with Crippen LogP contribution in [-0.4, -0.2) is 35.4 Å². The SMILES string of the molecule is Nc1ccc(-c2cccs2)cc1NC(=O)c1ccc(CCN2CCCC2)nc1. The molecule has 5 nitrogen and oxygen atoms in total. The number of rotatable bonds is 6. The number of likely N-dealkylation sites (tertiary alicyclic amines) is 1. The molecule has 6 heteroatoms. The number of thiophene rings is 1. The van der Waals surface area contributed by atoms with Gasteiger partial charge in [-0.05, 0) is 67.2 Å². The minimum absolute atomic E-state index is 0.200. The fourth-order valence-electron chi connectivity index (χ4n) is 3.44. The molecule has 1 saturated heterocycles. The number of pyridine rings is 1. The smallest absolute Gasteiger partial charge is 0.257 e. The molecule has 0 saturated carbocycles. The summed E-state index contributed by atoms with van der Waals surface area (Å²) in [7, 11) is 0. The Hall–Kier alpha value is -2.70. The molecule has 0 bridgehead atoms. The zero-order valence-corrected chi connectivity index (χ0v) is 16.5. The number of amides is 1. The molecule has 144 valence electrons. The van der Waals surface area contributed by atoms with Gasteiger partial charge in [-0.2, -0.15) is 0 Å². The molecule has 1 fully saturated rings. The zero-order valence-electron chi connectivity index (χ0n) is 15.7. The van der Waals surface area contributed by atoms with Gasteiger partial charge >= 0.3 is 0 Å². The van der Waals surface area contributed by atoms with Crippen molar-refractivity contribution < 1.29 is 4.79 Å². The van der Waals surface area contributed by atoms with Crippen molar-refractivity contribution in [3.8, 4) is 10.4 Å². The predicted octanol–water partition coefficient (Wildman–Crippen LogP) is 4.28. The van der Waals surface area contributed by atoms with E-state index in [2.05, 4.69) is 15.2 Å². The molecule has 0 aliphatic carbocycles. The first-order valence-corrected chi connectivity index (χ1v) is 10.5. The van der Waals surface area contributed by atoms with Gasteiger partial charge in [-0.1, -0.05) is 12.1 Å². The summed E-state index contributed by atoms with van der Waals surface area (Å²) in [5, 5.41) is 4.95. The molecule has 1 aliphatic heterocycles. The van der Waals surface area contributed by atoms with Crippen LogP contribution in [0.2, 0.25) is 0 Å². The van der Waals surface area contributed by atoms with Gasteiger partial charge in [-0.25, -0.2) is 0 Å². The lowest BCUT2D eigenvalue weighted by Crippen LogP contribution is -2.22. The Labute approximate surface area is 169 Å². The van der Waals surface area contributed by atoms with Crippen molar-refractivity contribution in [1.82, 2.24) is 9.88 Å². The standard InChI is InChI=1S/C22H24N4OS/c23-19-8-6-16(21-4-3-13-28-21)14-20(19)25-22(27)17-5-7-18(24-15-17)9-12-26-10-1-2-11-26/h3-8,13-15H,1-2,9-12,23H2,(H,25,27). The molecule has 0 radical (unpaired) electrons. The molecule has 3 aromatic rings. The van der Waals surface area contributed by atoms with E-state index in [1.54, 1.807) is 17.5 Å². The molecule has 3 heterocycles. The third-order valence-corrected chi connectivity index (χ3v) is 6.00. The van der Waals surface area contributed by atoms with E-state index >= 15 is 0 Å². The normalized spacial score (nSPS) is 14.3. The first-order chi connectivity index (χ1) is 13.7. The summed E-state index contributed by atoms with van der Waals surface area (Å²) < 4.78 is 0. The van der Waals surface area contributed by atoms with E-state index in [0.29, 0.717) is 16.9 Å². The van der Waals surface area contributed by atoms with Crippen molar-refractivity contribution in [3.05, 3.63) is 65.3 Å². The van der Waals surface area contributed by atoms with Crippen molar-refractivity contribution in [1.29, 1.82) is 0 Å². The summed E-state index contributed by atoms with van der Waals surface area (Å²) in [6, 6.07) is 13.5. The van der Waals surface area contributed by atoms with Gasteiger partial charge in [0.15, 0.2) is 0 Å². The molecule has 0 spiro atoms. The number of aromatic nitrogens is 1. The van der Waals surface area contributed by atoms with Crippen LogP contribution in [0.3, 0.4) is 0 Å². The maximum Gasteiger partial charge on any atom is 0.257 e. The zero-order chi connectivity index (χ0) is 19.3. The highest BCUT2D eigenvalue weighted by atomic mass is 32.1. The van der Waals surface area contributed by atoms with E-state index in [0.717, 1.165) is 29.1 Å². The Morgan fingerprint density at radius 3 is 2.75 bits per heavy atom. The van der Waals surface area contributed by atoms with Gasteiger partial charge < -0.3 is 16.0 Å². The Bertz CT molecular complexity index is 932.